The molecular weight excluding hydrogens is 350 g/mol. The van der Waals surface area contributed by atoms with Crippen LogP contribution in [0.4, 0.5) is 0 Å². The summed E-state index contributed by atoms with van der Waals surface area (Å²) in [7, 11) is 0. The van der Waals surface area contributed by atoms with Gasteiger partial charge in [0, 0.05) is 54.6 Å². The molecule has 2 aromatic rings. The molecule has 1 aliphatic heterocycles. The van der Waals surface area contributed by atoms with Crippen LogP contribution in [0.2, 0.25) is 0 Å². The molecule has 1 aromatic carbocycles. The van der Waals surface area contributed by atoms with E-state index in [1.807, 2.05) is 11.0 Å². The van der Waals surface area contributed by atoms with E-state index in [0.717, 1.165) is 24.8 Å². The highest BCUT2D eigenvalue weighted by atomic mass is 16.2. The molecule has 0 spiro atoms. The fraction of sp³-hybridized carbons (Fsp3) is 0.478. The number of nitrogens with one attached hydrogen (secondary N) is 2. The van der Waals surface area contributed by atoms with E-state index < -0.39 is 0 Å². The summed E-state index contributed by atoms with van der Waals surface area (Å²) in [4.78, 5) is 29.8. The number of hydrogen-bond acceptors (Lipinski definition) is 2. The topological polar surface area (TPSA) is 65.2 Å². The predicted molar refractivity (Wildman–Crippen MR) is 112 cm³/mol. The molecule has 0 atom stereocenters. The first-order valence-corrected chi connectivity index (χ1v) is 10.5. The number of carbonyl (C=O) groups is 2. The third-order valence-electron chi connectivity index (χ3n) is 6.03. The van der Waals surface area contributed by atoms with Gasteiger partial charge in [0.2, 0.25) is 11.8 Å². The maximum absolute atomic E-state index is 12.5. The maximum atomic E-state index is 12.5. The zero-order valence-corrected chi connectivity index (χ0v) is 16.4. The van der Waals surface area contributed by atoms with Gasteiger partial charge in [-0.25, -0.2) is 0 Å². The Bertz CT molecular complexity index is 877. The van der Waals surface area contributed by atoms with Gasteiger partial charge < -0.3 is 15.2 Å². The van der Waals surface area contributed by atoms with E-state index in [4.69, 9.17) is 0 Å². The summed E-state index contributed by atoms with van der Waals surface area (Å²) >= 11 is 0. The minimum absolute atomic E-state index is 0.0206. The number of fused-ring (bicyclic) bond motifs is 1. The quantitative estimate of drug-likeness (QED) is 0.824. The lowest BCUT2D eigenvalue weighted by molar-refractivity contribution is -0.133. The number of aromatic amines is 1. The molecule has 148 valence electrons. The van der Waals surface area contributed by atoms with Crippen molar-refractivity contribution in [3.63, 3.8) is 0 Å². The normalized spacial score (nSPS) is 18.1. The lowest BCUT2D eigenvalue weighted by Crippen LogP contribution is -2.38. The molecule has 1 fully saturated rings. The first-order valence-electron chi connectivity index (χ1n) is 10.5. The van der Waals surface area contributed by atoms with Gasteiger partial charge >= 0.3 is 0 Å². The number of benzene rings is 1. The van der Waals surface area contributed by atoms with Gasteiger partial charge in [-0.2, -0.15) is 0 Å². The molecule has 5 heteroatoms. The predicted octanol–water partition coefficient (Wildman–Crippen LogP) is 4.01. The number of hydrogen-bond donors (Lipinski definition) is 2. The molecule has 0 bridgehead atoms. The number of carbonyl (C=O) groups excluding carboxylic acids is 2. The molecule has 0 unspecified atom stereocenters. The largest absolute Gasteiger partial charge is 0.361 e. The first-order chi connectivity index (χ1) is 13.7. The van der Waals surface area contributed by atoms with Crippen molar-refractivity contribution >= 4 is 28.3 Å². The Labute approximate surface area is 166 Å². The number of rotatable bonds is 5. The second kappa shape index (κ2) is 8.63. The van der Waals surface area contributed by atoms with Gasteiger partial charge in [0.25, 0.3) is 0 Å². The molecular formula is C23H29N3O2. The SMILES string of the molecule is O=C(CCC(=O)N1CC=C(c2c[nH]c3ccccc23)CC1)NC1CCCCC1. The number of para-hydroxylation sites is 1. The van der Waals surface area contributed by atoms with Gasteiger partial charge in [0.05, 0.1) is 0 Å². The van der Waals surface area contributed by atoms with Crippen molar-refractivity contribution in [3.05, 3.63) is 42.1 Å². The Hall–Kier alpha value is -2.56. The summed E-state index contributed by atoms with van der Waals surface area (Å²) in [6.45, 7) is 1.34. The average Bonchev–Trinajstić information content (AvgIpc) is 3.17. The summed E-state index contributed by atoms with van der Waals surface area (Å²) in [6, 6.07) is 8.61. The number of H-pyrrole nitrogens is 1. The average molecular weight is 380 g/mol. The molecule has 2 N–H and O–H groups in total. The van der Waals surface area contributed by atoms with Crippen LogP contribution in [0.25, 0.3) is 16.5 Å². The van der Waals surface area contributed by atoms with E-state index in [9.17, 15) is 9.59 Å². The molecule has 1 saturated carbocycles. The smallest absolute Gasteiger partial charge is 0.223 e. The zero-order valence-electron chi connectivity index (χ0n) is 16.4. The second-order valence-corrected chi connectivity index (χ2v) is 7.97. The van der Waals surface area contributed by atoms with Gasteiger partial charge in [-0.3, -0.25) is 9.59 Å². The highest BCUT2D eigenvalue weighted by molar-refractivity contribution is 5.93. The van der Waals surface area contributed by atoms with Crippen molar-refractivity contribution < 1.29 is 9.59 Å². The van der Waals surface area contributed by atoms with Crippen LogP contribution < -0.4 is 5.32 Å². The summed E-state index contributed by atoms with van der Waals surface area (Å²) in [5.74, 6) is 0.0975. The summed E-state index contributed by atoms with van der Waals surface area (Å²) in [6.07, 6.45) is 11.5. The van der Waals surface area contributed by atoms with Crippen molar-refractivity contribution in [2.45, 2.75) is 57.4 Å². The molecule has 1 aliphatic carbocycles. The van der Waals surface area contributed by atoms with Crippen molar-refractivity contribution in [2.24, 2.45) is 0 Å². The summed E-state index contributed by atoms with van der Waals surface area (Å²) in [5.41, 5.74) is 3.66. The molecule has 1 aromatic heterocycles. The van der Waals surface area contributed by atoms with Crippen LogP contribution >= 0.6 is 0 Å². The van der Waals surface area contributed by atoms with Gasteiger partial charge in [-0.1, -0.05) is 43.5 Å². The maximum Gasteiger partial charge on any atom is 0.223 e. The van der Waals surface area contributed by atoms with Gasteiger partial charge in [-0.05, 0) is 30.9 Å². The van der Waals surface area contributed by atoms with Crippen LogP contribution in [0, 0.1) is 0 Å². The van der Waals surface area contributed by atoms with Crippen molar-refractivity contribution in [1.29, 1.82) is 0 Å². The highest BCUT2D eigenvalue weighted by Crippen LogP contribution is 2.29. The van der Waals surface area contributed by atoms with Crippen LogP contribution in [0.1, 0.15) is 56.9 Å². The molecule has 28 heavy (non-hydrogen) atoms. The van der Waals surface area contributed by atoms with Crippen LogP contribution in [0.15, 0.2) is 36.5 Å². The van der Waals surface area contributed by atoms with Gasteiger partial charge in [0.1, 0.15) is 0 Å². The summed E-state index contributed by atoms with van der Waals surface area (Å²) < 4.78 is 0. The van der Waals surface area contributed by atoms with E-state index in [1.165, 1.54) is 35.8 Å². The third kappa shape index (κ3) is 4.29. The Balaban J connectivity index is 1.28. The van der Waals surface area contributed by atoms with Crippen molar-refractivity contribution in [1.82, 2.24) is 15.2 Å². The van der Waals surface area contributed by atoms with Gasteiger partial charge in [-0.15, -0.1) is 0 Å². The lowest BCUT2D eigenvalue weighted by Gasteiger charge is -2.27. The zero-order chi connectivity index (χ0) is 19.3. The summed E-state index contributed by atoms with van der Waals surface area (Å²) in [5, 5.41) is 4.32. The molecule has 0 saturated heterocycles. The molecule has 5 nitrogen and oxygen atoms in total. The molecule has 0 radical (unpaired) electrons. The number of nitrogens with zero attached hydrogens (tertiary/aromatic N) is 1. The van der Waals surface area contributed by atoms with E-state index >= 15 is 0 Å². The van der Waals surface area contributed by atoms with Crippen LogP contribution in [0.3, 0.4) is 0 Å². The van der Waals surface area contributed by atoms with Gasteiger partial charge in [0.15, 0.2) is 0 Å². The number of aromatic nitrogens is 1. The van der Waals surface area contributed by atoms with E-state index in [1.54, 1.807) is 0 Å². The van der Waals surface area contributed by atoms with E-state index in [-0.39, 0.29) is 11.8 Å². The fourth-order valence-corrected chi connectivity index (χ4v) is 4.40. The Morgan fingerprint density at radius 3 is 2.71 bits per heavy atom. The van der Waals surface area contributed by atoms with Crippen LogP contribution in [0.5, 0.6) is 0 Å². The Morgan fingerprint density at radius 1 is 1.11 bits per heavy atom. The molecule has 2 heterocycles. The van der Waals surface area contributed by atoms with Crippen LogP contribution in [-0.4, -0.2) is 40.8 Å². The van der Waals surface area contributed by atoms with E-state index in [0.29, 0.717) is 32.0 Å². The molecule has 4 rings (SSSR count). The number of amides is 2. The third-order valence-corrected chi connectivity index (χ3v) is 6.03. The Kier molecular flexibility index (Phi) is 5.79. The second-order valence-electron chi connectivity index (χ2n) is 7.97. The molecule has 2 aliphatic rings. The minimum atomic E-state index is 0.0206. The monoisotopic (exact) mass is 379 g/mol. The van der Waals surface area contributed by atoms with Crippen LogP contribution in [-0.2, 0) is 9.59 Å². The standard InChI is InChI=1S/C23H29N3O2/c27-22(25-18-6-2-1-3-7-18)10-11-23(28)26-14-12-17(13-15-26)20-16-24-21-9-5-4-8-19(20)21/h4-5,8-9,12,16,18,24H,1-3,6-7,10-11,13-15H2,(H,25,27). The minimum Gasteiger partial charge on any atom is -0.361 e. The first kappa shape index (κ1) is 18.8. The fourth-order valence-electron chi connectivity index (χ4n) is 4.40. The van der Waals surface area contributed by atoms with Crippen molar-refractivity contribution in [3.8, 4) is 0 Å². The highest BCUT2D eigenvalue weighted by Gasteiger charge is 2.21. The lowest BCUT2D eigenvalue weighted by atomic mass is 9.95. The van der Waals surface area contributed by atoms with Crippen molar-refractivity contribution in [2.75, 3.05) is 13.1 Å². The molecule has 2 amide bonds. The Morgan fingerprint density at radius 2 is 1.93 bits per heavy atom. The van der Waals surface area contributed by atoms with E-state index in [2.05, 4.69) is 40.8 Å².